The van der Waals surface area contributed by atoms with Crippen molar-refractivity contribution in [3.8, 4) is 11.5 Å². The van der Waals surface area contributed by atoms with Gasteiger partial charge in [0.25, 0.3) is 11.8 Å². The number of halogens is 1. The molecule has 0 aliphatic carbocycles. The number of nitrogens with one attached hydrogen (secondary N) is 3. The van der Waals surface area contributed by atoms with E-state index in [1.165, 1.54) is 7.11 Å². The predicted octanol–water partition coefficient (Wildman–Crippen LogP) is 2.16. The molecule has 1 heterocycles. The molecule has 0 spiro atoms. The Morgan fingerprint density at radius 2 is 1.88 bits per heavy atom. The summed E-state index contributed by atoms with van der Waals surface area (Å²) in [5.74, 6) is -0.0709. The van der Waals surface area contributed by atoms with Gasteiger partial charge < -0.3 is 31.2 Å². The number of benzene rings is 2. The van der Waals surface area contributed by atoms with Crippen molar-refractivity contribution in [2.24, 2.45) is 0 Å². The minimum atomic E-state index is -0.479. The van der Waals surface area contributed by atoms with Crippen LogP contribution in [0.1, 0.15) is 21.6 Å². The van der Waals surface area contributed by atoms with Crippen molar-refractivity contribution in [3.63, 3.8) is 0 Å². The molecule has 2 aromatic carbocycles. The number of nitrogens with two attached hydrogens (primary N) is 1. The van der Waals surface area contributed by atoms with Gasteiger partial charge in [0, 0.05) is 36.4 Å². The fourth-order valence-corrected chi connectivity index (χ4v) is 3.11. The lowest BCUT2D eigenvalue weighted by Crippen LogP contribution is -2.32. The van der Waals surface area contributed by atoms with Crippen LogP contribution in [0.3, 0.4) is 0 Å². The number of anilines is 2. The summed E-state index contributed by atoms with van der Waals surface area (Å²) in [6, 6.07) is 10.8. The summed E-state index contributed by atoms with van der Waals surface area (Å²) >= 11 is 6.38. The molecular weight excluding hydrogens is 464 g/mol. The molecule has 0 aliphatic rings. The third-order valence-corrected chi connectivity index (χ3v) is 5.01. The molecule has 3 rings (SSSR count). The number of aromatic nitrogens is 2. The Labute approximate surface area is 200 Å². The minimum absolute atomic E-state index is 0.0593. The lowest BCUT2D eigenvalue weighted by molar-refractivity contribution is -0.118. The third kappa shape index (κ3) is 6.83. The van der Waals surface area contributed by atoms with Gasteiger partial charge in [-0.3, -0.25) is 9.59 Å². The highest BCUT2D eigenvalue weighted by molar-refractivity contribution is 6.31. The zero-order chi connectivity index (χ0) is 24.5. The van der Waals surface area contributed by atoms with Crippen LogP contribution < -0.4 is 31.2 Å². The highest BCUT2D eigenvalue weighted by Crippen LogP contribution is 2.33. The van der Waals surface area contributed by atoms with Gasteiger partial charge in [0.2, 0.25) is 11.5 Å². The summed E-state index contributed by atoms with van der Waals surface area (Å²) in [7, 11) is 1.50. The normalized spacial score (nSPS) is 10.6. The van der Waals surface area contributed by atoms with Gasteiger partial charge in [-0.2, -0.15) is 0 Å². The van der Waals surface area contributed by atoms with E-state index in [2.05, 4.69) is 30.9 Å². The number of carbonyl (C=O) groups excluding carboxylic acids is 2. The molecule has 0 saturated carbocycles. The van der Waals surface area contributed by atoms with Crippen LogP contribution in [-0.2, 0) is 11.3 Å². The zero-order valence-corrected chi connectivity index (χ0v) is 19.4. The Bertz CT molecular complexity index is 1140. The summed E-state index contributed by atoms with van der Waals surface area (Å²) < 4.78 is 15.4. The highest BCUT2D eigenvalue weighted by Gasteiger charge is 2.15. The summed E-state index contributed by atoms with van der Waals surface area (Å²) in [6.45, 7) is 2.94. The fourth-order valence-electron chi connectivity index (χ4n) is 2.89. The molecule has 3 aromatic rings. The number of amides is 2. The predicted molar refractivity (Wildman–Crippen MR) is 126 cm³/mol. The van der Waals surface area contributed by atoms with Gasteiger partial charge in [-0.05, 0) is 41.0 Å². The van der Waals surface area contributed by atoms with Crippen LogP contribution in [0, 0.1) is 6.92 Å². The first-order chi connectivity index (χ1) is 16.4. The monoisotopic (exact) mass is 488 g/mol. The topological polar surface area (TPSA) is 154 Å². The second kappa shape index (κ2) is 11.9. The number of hydrogen-bond donors (Lipinski definition) is 4. The first kappa shape index (κ1) is 24.8. The van der Waals surface area contributed by atoms with E-state index in [-0.39, 0.29) is 24.0 Å². The molecule has 0 bridgehead atoms. The van der Waals surface area contributed by atoms with E-state index in [1.54, 1.807) is 12.1 Å². The molecule has 1 aromatic heterocycles. The van der Waals surface area contributed by atoms with Crippen molar-refractivity contribution in [1.29, 1.82) is 0 Å². The van der Waals surface area contributed by atoms with Crippen molar-refractivity contribution < 1.29 is 23.7 Å². The van der Waals surface area contributed by atoms with Gasteiger partial charge in [-0.25, -0.2) is 4.63 Å². The third-order valence-electron chi connectivity index (χ3n) is 4.66. The SMILES string of the molecule is COc1cc(CNCCNC(=O)c2nonc2N)c(Cl)cc1OCC(=O)Nc1ccc(C)cc1. The number of nitrogens with zero attached hydrogens (tertiary/aromatic N) is 2. The zero-order valence-electron chi connectivity index (χ0n) is 18.7. The van der Waals surface area contributed by atoms with Gasteiger partial charge in [0.05, 0.1) is 7.11 Å². The van der Waals surface area contributed by atoms with Crippen LogP contribution in [0.5, 0.6) is 11.5 Å². The number of rotatable bonds is 11. The lowest BCUT2D eigenvalue weighted by atomic mass is 10.2. The van der Waals surface area contributed by atoms with Crippen molar-refractivity contribution in [2.75, 3.05) is 37.9 Å². The van der Waals surface area contributed by atoms with Gasteiger partial charge in [0.15, 0.2) is 18.1 Å². The average Bonchev–Trinajstić information content (AvgIpc) is 3.25. The van der Waals surface area contributed by atoms with Gasteiger partial charge >= 0.3 is 0 Å². The number of methoxy groups -OCH3 is 1. The quantitative estimate of drug-likeness (QED) is 0.297. The number of aryl methyl sites for hydroxylation is 1. The maximum Gasteiger partial charge on any atom is 0.277 e. The molecule has 12 heteroatoms. The van der Waals surface area contributed by atoms with E-state index >= 15 is 0 Å². The molecule has 0 unspecified atom stereocenters. The molecule has 34 heavy (non-hydrogen) atoms. The minimum Gasteiger partial charge on any atom is -0.493 e. The standard InChI is InChI=1S/C22H25ClN6O5/c1-13-3-5-15(6-4-13)27-19(30)12-33-18-10-16(23)14(9-17(18)32-2)11-25-7-8-26-22(31)20-21(24)29-34-28-20/h3-6,9-10,25H,7-8,11-12H2,1-2H3,(H2,24,29)(H,26,31)(H,27,30). The largest absolute Gasteiger partial charge is 0.493 e. The fraction of sp³-hybridized carbons (Fsp3) is 0.273. The summed E-state index contributed by atoms with van der Waals surface area (Å²) in [5.41, 5.74) is 7.96. The first-order valence-corrected chi connectivity index (χ1v) is 10.7. The highest BCUT2D eigenvalue weighted by atomic mass is 35.5. The molecule has 11 nitrogen and oxygen atoms in total. The maximum absolute atomic E-state index is 12.2. The second-order valence-corrected chi connectivity index (χ2v) is 7.64. The molecular formula is C22H25ClN6O5. The van der Waals surface area contributed by atoms with Gasteiger partial charge in [-0.1, -0.05) is 29.3 Å². The Morgan fingerprint density at radius 3 is 2.56 bits per heavy atom. The molecule has 0 saturated heterocycles. The van der Waals surface area contributed by atoms with E-state index in [0.29, 0.717) is 41.8 Å². The van der Waals surface area contributed by atoms with Crippen LogP contribution >= 0.6 is 11.6 Å². The van der Waals surface area contributed by atoms with Crippen molar-refractivity contribution in [1.82, 2.24) is 20.9 Å². The average molecular weight is 489 g/mol. The van der Waals surface area contributed by atoms with Gasteiger partial charge in [-0.15, -0.1) is 0 Å². The number of nitrogen functional groups attached to an aromatic ring is 1. The Hall–Kier alpha value is -3.83. The lowest BCUT2D eigenvalue weighted by Gasteiger charge is -2.14. The summed E-state index contributed by atoms with van der Waals surface area (Å²) in [4.78, 5) is 24.1. The van der Waals surface area contributed by atoms with Gasteiger partial charge in [0.1, 0.15) is 0 Å². The Morgan fingerprint density at radius 1 is 1.12 bits per heavy atom. The number of carbonyl (C=O) groups is 2. The molecule has 2 amide bonds. The number of hydrogen-bond acceptors (Lipinski definition) is 9. The summed E-state index contributed by atoms with van der Waals surface area (Å²) in [6.07, 6.45) is 0. The molecule has 0 fully saturated rings. The van der Waals surface area contributed by atoms with E-state index in [1.807, 2.05) is 31.2 Å². The molecule has 0 atom stereocenters. The van der Waals surface area contributed by atoms with E-state index in [4.69, 9.17) is 26.8 Å². The second-order valence-electron chi connectivity index (χ2n) is 7.23. The Balaban J connectivity index is 1.47. The first-order valence-electron chi connectivity index (χ1n) is 10.3. The molecule has 5 N–H and O–H groups in total. The van der Waals surface area contributed by atoms with E-state index in [9.17, 15) is 9.59 Å². The van der Waals surface area contributed by atoms with Crippen LogP contribution in [-0.4, -0.2) is 48.9 Å². The Kier molecular flexibility index (Phi) is 8.66. The molecule has 180 valence electrons. The van der Waals surface area contributed by atoms with Crippen molar-refractivity contribution >= 4 is 34.9 Å². The van der Waals surface area contributed by atoms with Crippen LogP contribution in [0.15, 0.2) is 41.0 Å². The van der Waals surface area contributed by atoms with Crippen LogP contribution in [0.25, 0.3) is 0 Å². The van der Waals surface area contributed by atoms with Crippen molar-refractivity contribution in [2.45, 2.75) is 13.5 Å². The van der Waals surface area contributed by atoms with Crippen molar-refractivity contribution in [3.05, 3.63) is 58.2 Å². The van der Waals surface area contributed by atoms with E-state index < -0.39 is 5.91 Å². The summed E-state index contributed by atoms with van der Waals surface area (Å²) in [5, 5.41) is 15.8. The smallest absolute Gasteiger partial charge is 0.277 e. The van der Waals surface area contributed by atoms with Crippen LogP contribution in [0.4, 0.5) is 11.5 Å². The maximum atomic E-state index is 12.2. The van der Waals surface area contributed by atoms with E-state index in [0.717, 1.165) is 11.1 Å². The van der Waals surface area contributed by atoms with Crippen LogP contribution in [0.2, 0.25) is 5.02 Å². The molecule has 0 aliphatic heterocycles. The number of ether oxygens (including phenoxy) is 2. The molecule has 0 radical (unpaired) electrons.